The second kappa shape index (κ2) is 6.58. The number of hydrogen-bond acceptors (Lipinski definition) is 4. The van der Waals surface area contributed by atoms with Crippen LogP contribution >= 0.6 is 0 Å². The Morgan fingerprint density at radius 3 is 2.58 bits per heavy atom. The van der Waals surface area contributed by atoms with Crippen molar-refractivity contribution in [3.63, 3.8) is 0 Å². The molecule has 0 saturated heterocycles. The molecule has 5 heteroatoms. The van der Waals surface area contributed by atoms with Crippen LogP contribution in [0.3, 0.4) is 0 Å². The Balaban J connectivity index is 1.92. The van der Waals surface area contributed by atoms with E-state index in [0.29, 0.717) is 29.0 Å². The molecule has 1 heterocycles. The molecule has 0 bridgehead atoms. The highest BCUT2D eigenvalue weighted by atomic mass is 16.5. The summed E-state index contributed by atoms with van der Waals surface area (Å²) in [5.41, 5.74) is 1.38. The van der Waals surface area contributed by atoms with E-state index in [-0.39, 0.29) is 5.56 Å². The second-order valence-electron chi connectivity index (χ2n) is 5.40. The maximum Gasteiger partial charge on any atom is 0.349 e. The summed E-state index contributed by atoms with van der Waals surface area (Å²) in [6.45, 7) is 4.35. The molecular weight excluding hydrogens is 306 g/mol. The Hall–Kier alpha value is -3.08. The number of hydrogen-bond donors (Lipinski definition) is 1. The highest BCUT2D eigenvalue weighted by molar-refractivity contribution is 6.05. The van der Waals surface area contributed by atoms with Crippen molar-refractivity contribution in [1.82, 2.24) is 0 Å². The zero-order valence-electron chi connectivity index (χ0n) is 13.5. The van der Waals surface area contributed by atoms with Crippen LogP contribution in [0, 0.1) is 6.92 Å². The molecular formula is C19H17NO4. The van der Waals surface area contributed by atoms with Crippen molar-refractivity contribution < 1.29 is 13.9 Å². The first-order valence-electron chi connectivity index (χ1n) is 7.65. The number of nitrogens with one attached hydrogen (secondary N) is 1. The van der Waals surface area contributed by atoms with Crippen molar-refractivity contribution in [3.8, 4) is 5.75 Å². The van der Waals surface area contributed by atoms with Crippen LogP contribution in [-0.2, 0) is 0 Å². The van der Waals surface area contributed by atoms with E-state index in [1.807, 2.05) is 26.0 Å². The van der Waals surface area contributed by atoms with E-state index < -0.39 is 11.5 Å². The number of amides is 1. The van der Waals surface area contributed by atoms with Gasteiger partial charge >= 0.3 is 5.63 Å². The third-order valence-electron chi connectivity index (χ3n) is 3.57. The summed E-state index contributed by atoms with van der Waals surface area (Å²) < 4.78 is 10.6. The van der Waals surface area contributed by atoms with Crippen LogP contribution in [0.5, 0.6) is 5.75 Å². The van der Waals surface area contributed by atoms with E-state index >= 15 is 0 Å². The lowest BCUT2D eigenvalue weighted by Crippen LogP contribution is -2.20. The fourth-order valence-electron chi connectivity index (χ4n) is 2.34. The van der Waals surface area contributed by atoms with Crippen molar-refractivity contribution in [2.75, 3.05) is 11.9 Å². The second-order valence-corrected chi connectivity index (χ2v) is 5.40. The van der Waals surface area contributed by atoms with E-state index in [0.717, 1.165) is 5.56 Å². The zero-order chi connectivity index (χ0) is 17.1. The van der Waals surface area contributed by atoms with Crippen LogP contribution in [0.2, 0.25) is 0 Å². The molecule has 0 saturated carbocycles. The molecule has 0 unspecified atom stereocenters. The van der Waals surface area contributed by atoms with Gasteiger partial charge in [-0.15, -0.1) is 0 Å². The summed E-state index contributed by atoms with van der Waals surface area (Å²) in [6.07, 6.45) is 0. The number of carbonyl (C=O) groups excluding carboxylic acids is 1. The lowest BCUT2D eigenvalue weighted by atomic mass is 10.1. The fourth-order valence-corrected chi connectivity index (χ4v) is 2.34. The first-order chi connectivity index (χ1) is 11.6. The third kappa shape index (κ3) is 3.30. The van der Waals surface area contributed by atoms with Crippen molar-refractivity contribution in [3.05, 3.63) is 70.1 Å². The van der Waals surface area contributed by atoms with E-state index in [9.17, 15) is 9.59 Å². The monoisotopic (exact) mass is 323 g/mol. The standard InChI is InChI=1S/C19H17NO4/c1-3-23-15-9-6-13-10-16(19(22)24-17(13)11-15)18(21)20-14-7-4-12(2)5-8-14/h4-11H,3H2,1-2H3,(H,20,21). The van der Waals surface area contributed by atoms with Gasteiger partial charge in [-0.1, -0.05) is 17.7 Å². The molecule has 24 heavy (non-hydrogen) atoms. The Bertz CT molecular complexity index is 942. The molecule has 2 aromatic carbocycles. The average Bonchev–Trinajstić information content (AvgIpc) is 2.56. The van der Waals surface area contributed by atoms with Crippen LogP contribution in [-0.4, -0.2) is 12.5 Å². The van der Waals surface area contributed by atoms with E-state index in [1.165, 1.54) is 6.07 Å². The normalized spacial score (nSPS) is 10.6. The molecule has 1 amide bonds. The van der Waals surface area contributed by atoms with Crippen molar-refractivity contribution in [2.45, 2.75) is 13.8 Å². The minimum atomic E-state index is -0.680. The first-order valence-corrected chi connectivity index (χ1v) is 7.65. The van der Waals surface area contributed by atoms with Crippen molar-refractivity contribution >= 4 is 22.6 Å². The van der Waals surface area contributed by atoms with E-state index in [1.54, 1.807) is 30.3 Å². The molecule has 0 aliphatic carbocycles. The van der Waals surface area contributed by atoms with Crippen LogP contribution in [0.15, 0.2) is 57.7 Å². The number of carbonyl (C=O) groups is 1. The molecule has 0 atom stereocenters. The summed E-state index contributed by atoms with van der Waals surface area (Å²) in [6, 6.07) is 14.0. The highest BCUT2D eigenvalue weighted by Gasteiger charge is 2.14. The molecule has 0 radical (unpaired) electrons. The van der Waals surface area contributed by atoms with Crippen molar-refractivity contribution in [1.29, 1.82) is 0 Å². The average molecular weight is 323 g/mol. The number of benzene rings is 2. The lowest BCUT2D eigenvalue weighted by Gasteiger charge is -2.07. The minimum absolute atomic E-state index is 0.0350. The zero-order valence-corrected chi connectivity index (χ0v) is 13.5. The van der Waals surface area contributed by atoms with Gasteiger partial charge in [-0.05, 0) is 44.2 Å². The van der Waals surface area contributed by atoms with Gasteiger partial charge in [0.2, 0.25) is 0 Å². The van der Waals surface area contributed by atoms with Gasteiger partial charge in [0.05, 0.1) is 6.61 Å². The number of ether oxygens (including phenoxy) is 1. The largest absolute Gasteiger partial charge is 0.494 e. The van der Waals surface area contributed by atoms with Crippen molar-refractivity contribution in [2.24, 2.45) is 0 Å². The molecule has 1 aromatic heterocycles. The number of fused-ring (bicyclic) bond motifs is 1. The molecule has 3 aromatic rings. The van der Waals surface area contributed by atoms with Gasteiger partial charge in [-0.25, -0.2) is 4.79 Å². The maximum absolute atomic E-state index is 12.3. The smallest absolute Gasteiger partial charge is 0.349 e. The van der Waals surface area contributed by atoms with E-state index in [2.05, 4.69) is 5.32 Å². The molecule has 122 valence electrons. The van der Waals surface area contributed by atoms with E-state index in [4.69, 9.17) is 9.15 Å². The fraction of sp³-hybridized carbons (Fsp3) is 0.158. The van der Waals surface area contributed by atoms with Gasteiger partial charge in [-0.3, -0.25) is 4.79 Å². The Morgan fingerprint density at radius 2 is 1.88 bits per heavy atom. The summed E-state index contributed by atoms with van der Waals surface area (Å²) in [4.78, 5) is 24.5. The SMILES string of the molecule is CCOc1ccc2cc(C(=O)Nc3ccc(C)cc3)c(=O)oc2c1. The third-order valence-corrected chi connectivity index (χ3v) is 3.57. The van der Waals surface area contributed by atoms with Crippen LogP contribution in [0.25, 0.3) is 11.0 Å². The predicted molar refractivity (Wildman–Crippen MR) is 92.8 cm³/mol. The molecule has 5 nitrogen and oxygen atoms in total. The topological polar surface area (TPSA) is 68.5 Å². The molecule has 1 N–H and O–H groups in total. The Morgan fingerprint density at radius 1 is 1.12 bits per heavy atom. The van der Waals surface area contributed by atoms with Gasteiger partial charge < -0.3 is 14.5 Å². The first kappa shape index (κ1) is 15.8. The van der Waals surface area contributed by atoms with Gasteiger partial charge in [0.1, 0.15) is 16.9 Å². The van der Waals surface area contributed by atoms with Crippen LogP contribution in [0.1, 0.15) is 22.8 Å². The molecule has 3 rings (SSSR count). The number of aryl methyl sites for hydroxylation is 1. The summed E-state index contributed by atoms with van der Waals surface area (Å²) in [5, 5.41) is 3.36. The molecule has 0 spiro atoms. The maximum atomic E-state index is 12.3. The number of anilines is 1. The minimum Gasteiger partial charge on any atom is -0.494 e. The molecule has 0 fully saturated rings. The molecule has 0 aliphatic heterocycles. The lowest BCUT2D eigenvalue weighted by molar-refractivity contribution is 0.102. The van der Waals surface area contributed by atoms with Gasteiger partial charge in [-0.2, -0.15) is 0 Å². The summed E-state index contributed by atoms with van der Waals surface area (Å²) in [5.74, 6) is 0.119. The van der Waals surface area contributed by atoms with Crippen LogP contribution in [0.4, 0.5) is 5.69 Å². The molecule has 0 aliphatic rings. The number of rotatable bonds is 4. The van der Waals surface area contributed by atoms with Gasteiger partial charge in [0.25, 0.3) is 5.91 Å². The summed E-state index contributed by atoms with van der Waals surface area (Å²) >= 11 is 0. The predicted octanol–water partition coefficient (Wildman–Crippen LogP) is 3.75. The summed E-state index contributed by atoms with van der Waals surface area (Å²) in [7, 11) is 0. The quantitative estimate of drug-likeness (QED) is 0.742. The Kier molecular flexibility index (Phi) is 4.33. The van der Waals surface area contributed by atoms with Crippen LogP contribution < -0.4 is 15.7 Å². The van der Waals surface area contributed by atoms with Gasteiger partial charge in [0, 0.05) is 17.1 Å². The van der Waals surface area contributed by atoms with Gasteiger partial charge in [0.15, 0.2) is 0 Å². The Labute approximate surface area is 138 Å². The highest BCUT2D eigenvalue weighted by Crippen LogP contribution is 2.21.